The zero-order valence-electron chi connectivity index (χ0n) is 11.7. The number of carbonyl (C=O) groups is 1. The van der Waals surface area contributed by atoms with Gasteiger partial charge in [0.1, 0.15) is 0 Å². The fraction of sp³-hybridized carbons (Fsp3) is 0.562. The lowest BCUT2D eigenvalue weighted by Gasteiger charge is -2.28. The van der Waals surface area contributed by atoms with Crippen molar-refractivity contribution in [2.75, 3.05) is 0 Å². The fourth-order valence-corrected chi connectivity index (χ4v) is 3.39. The molecular formula is C16H22BrNO. The van der Waals surface area contributed by atoms with Gasteiger partial charge in [-0.05, 0) is 37.8 Å². The second-order valence-electron chi connectivity index (χ2n) is 5.58. The fourth-order valence-electron chi connectivity index (χ4n) is 2.67. The Hall–Kier alpha value is -0.830. The molecule has 2 rings (SSSR count). The lowest BCUT2D eigenvalue weighted by atomic mass is 9.95. The molecule has 3 heteroatoms. The van der Waals surface area contributed by atoms with Gasteiger partial charge in [0, 0.05) is 10.9 Å². The Kier molecular flexibility index (Phi) is 5.03. The van der Waals surface area contributed by atoms with E-state index >= 15 is 0 Å². The number of carbonyl (C=O) groups excluding carboxylic acids is 1. The minimum absolute atomic E-state index is 0.144. The number of benzene rings is 1. The topological polar surface area (TPSA) is 29.1 Å². The van der Waals surface area contributed by atoms with Gasteiger partial charge in [-0.3, -0.25) is 4.79 Å². The number of amides is 1. The summed E-state index contributed by atoms with van der Waals surface area (Å²) in [5, 5.41) is 3.18. The highest BCUT2D eigenvalue weighted by Crippen LogP contribution is 2.24. The highest BCUT2D eigenvalue weighted by Gasteiger charge is 2.24. The van der Waals surface area contributed by atoms with Gasteiger partial charge in [-0.25, -0.2) is 0 Å². The third-order valence-corrected chi connectivity index (χ3v) is 4.98. The van der Waals surface area contributed by atoms with Crippen molar-refractivity contribution in [3.8, 4) is 0 Å². The Labute approximate surface area is 124 Å². The van der Waals surface area contributed by atoms with Crippen LogP contribution in [0.5, 0.6) is 0 Å². The summed E-state index contributed by atoms with van der Waals surface area (Å²) < 4.78 is 0. The van der Waals surface area contributed by atoms with Crippen molar-refractivity contribution in [1.29, 1.82) is 0 Å². The number of aryl methyl sites for hydroxylation is 2. The maximum absolute atomic E-state index is 12.2. The molecule has 1 saturated carbocycles. The number of alkyl halides is 1. The van der Waals surface area contributed by atoms with Crippen LogP contribution in [0.3, 0.4) is 0 Å². The van der Waals surface area contributed by atoms with Crippen molar-refractivity contribution >= 4 is 21.8 Å². The van der Waals surface area contributed by atoms with Crippen molar-refractivity contribution in [3.63, 3.8) is 0 Å². The van der Waals surface area contributed by atoms with Crippen LogP contribution in [0.25, 0.3) is 0 Å². The number of nitrogens with one attached hydrogen (secondary N) is 1. The summed E-state index contributed by atoms with van der Waals surface area (Å²) >= 11 is 3.68. The Morgan fingerprint density at radius 2 is 2.05 bits per heavy atom. The standard InChI is InChI=1S/C16H22BrNO/c1-11-7-8-12(2)13(9-11)10-16(19)18-15-6-4-3-5-14(15)17/h7-9,14-15H,3-6,10H2,1-2H3,(H,18,19). The summed E-state index contributed by atoms with van der Waals surface area (Å²) in [6.07, 6.45) is 5.22. The number of rotatable bonds is 3. The Morgan fingerprint density at radius 3 is 2.79 bits per heavy atom. The molecule has 1 N–H and O–H groups in total. The third kappa shape index (κ3) is 4.07. The van der Waals surface area contributed by atoms with E-state index in [4.69, 9.17) is 0 Å². The van der Waals surface area contributed by atoms with Gasteiger partial charge in [0.25, 0.3) is 0 Å². The highest BCUT2D eigenvalue weighted by molar-refractivity contribution is 9.09. The lowest BCUT2D eigenvalue weighted by Crippen LogP contribution is -2.43. The van der Waals surface area contributed by atoms with Gasteiger partial charge < -0.3 is 5.32 Å². The zero-order chi connectivity index (χ0) is 13.8. The molecule has 19 heavy (non-hydrogen) atoms. The first-order chi connectivity index (χ1) is 9.06. The predicted molar refractivity (Wildman–Crippen MR) is 82.7 cm³/mol. The summed E-state index contributed by atoms with van der Waals surface area (Å²) in [5.41, 5.74) is 3.55. The summed E-state index contributed by atoms with van der Waals surface area (Å²) in [4.78, 5) is 12.6. The summed E-state index contributed by atoms with van der Waals surface area (Å²) in [6.45, 7) is 4.13. The monoisotopic (exact) mass is 323 g/mol. The largest absolute Gasteiger partial charge is 0.352 e. The van der Waals surface area contributed by atoms with Crippen LogP contribution in [-0.4, -0.2) is 16.8 Å². The molecule has 1 aromatic carbocycles. The molecule has 0 bridgehead atoms. The Morgan fingerprint density at radius 1 is 1.32 bits per heavy atom. The molecule has 0 radical (unpaired) electrons. The van der Waals surface area contributed by atoms with Gasteiger partial charge >= 0.3 is 0 Å². The van der Waals surface area contributed by atoms with Gasteiger partial charge in [-0.15, -0.1) is 0 Å². The average molecular weight is 324 g/mol. The number of hydrogen-bond acceptors (Lipinski definition) is 1. The van der Waals surface area contributed by atoms with Gasteiger partial charge in [0.2, 0.25) is 5.91 Å². The molecule has 1 aliphatic carbocycles. The maximum Gasteiger partial charge on any atom is 0.224 e. The van der Waals surface area contributed by atoms with E-state index in [0.717, 1.165) is 18.4 Å². The molecule has 2 atom stereocenters. The average Bonchev–Trinajstić information content (AvgIpc) is 2.37. The van der Waals surface area contributed by atoms with Crippen molar-refractivity contribution in [2.45, 2.75) is 56.8 Å². The van der Waals surface area contributed by atoms with Crippen molar-refractivity contribution in [1.82, 2.24) is 5.32 Å². The van der Waals surface area contributed by atoms with E-state index in [-0.39, 0.29) is 5.91 Å². The Bertz CT molecular complexity index is 458. The smallest absolute Gasteiger partial charge is 0.224 e. The first kappa shape index (κ1) is 14.6. The predicted octanol–water partition coefficient (Wildman–Crippen LogP) is 3.67. The van der Waals surface area contributed by atoms with Crippen LogP contribution in [0.4, 0.5) is 0 Å². The van der Waals surface area contributed by atoms with Crippen molar-refractivity contribution < 1.29 is 4.79 Å². The van der Waals surface area contributed by atoms with Crippen LogP contribution in [0, 0.1) is 13.8 Å². The molecule has 1 amide bonds. The van der Waals surface area contributed by atoms with E-state index in [0.29, 0.717) is 17.3 Å². The molecule has 2 nitrogen and oxygen atoms in total. The summed E-state index contributed by atoms with van der Waals surface area (Å²) in [7, 11) is 0. The van der Waals surface area contributed by atoms with Gasteiger partial charge in [-0.2, -0.15) is 0 Å². The van der Waals surface area contributed by atoms with Crippen LogP contribution in [0.15, 0.2) is 18.2 Å². The van der Waals surface area contributed by atoms with Crippen LogP contribution < -0.4 is 5.32 Å². The van der Waals surface area contributed by atoms with E-state index in [1.807, 2.05) is 0 Å². The van der Waals surface area contributed by atoms with E-state index in [1.165, 1.54) is 24.0 Å². The molecule has 0 heterocycles. The van der Waals surface area contributed by atoms with E-state index in [2.05, 4.69) is 53.3 Å². The normalized spacial score (nSPS) is 23.1. The zero-order valence-corrected chi connectivity index (χ0v) is 13.3. The van der Waals surface area contributed by atoms with E-state index in [9.17, 15) is 4.79 Å². The minimum Gasteiger partial charge on any atom is -0.352 e. The third-order valence-electron chi connectivity index (χ3n) is 3.88. The van der Waals surface area contributed by atoms with Gasteiger partial charge in [-0.1, -0.05) is 52.5 Å². The van der Waals surface area contributed by atoms with Crippen LogP contribution >= 0.6 is 15.9 Å². The van der Waals surface area contributed by atoms with Crippen molar-refractivity contribution in [2.24, 2.45) is 0 Å². The Balaban J connectivity index is 1.95. The number of halogens is 1. The molecule has 0 saturated heterocycles. The van der Waals surface area contributed by atoms with Gasteiger partial charge in [0.15, 0.2) is 0 Å². The first-order valence-corrected chi connectivity index (χ1v) is 7.97. The maximum atomic E-state index is 12.2. The lowest BCUT2D eigenvalue weighted by molar-refractivity contribution is -0.121. The molecule has 0 aromatic heterocycles. The highest BCUT2D eigenvalue weighted by atomic mass is 79.9. The molecule has 104 valence electrons. The second kappa shape index (κ2) is 6.56. The van der Waals surface area contributed by atoms with E-state index < -0.39 is 0 Å². The SMILES string of the molecule is Cc1ccc(C)c(CC(=O)NC2CCCCC2Br)c1. The summed E-state index contributed by atoms with van der Waals surface area (Å²) in [5.74, 6) is 0.144. The molecule has 1 fully saturated rings. The number of hydrogen-bond donors (Lipinski definition) is 1. The van der Waals surface area contributed by atoms with Crippen LogP contribution in [0.2, 0.25) is 0 Å². The quantitative estimate of drug-likeness (QED) is 0.845. The van der Waals surface area contributed by atoms with E-state index in [1.54, 1.807) is 0 Å². The first-order valence-electron chi connectivity index (χ1n) is 7.06. The van der Waals surface area contributed by atoms with Crippen LogP contribution in [0.1, 0.15) is 42.4 Å². The molecule has 1 aromatic rings. The second-order valence-corrected chi connectivity index (χ2v) is 6.76. The molecular weight excluding hydrogens is 302 g/mol. The van der Waals surface area contributed by atoms with Crippen molar-refractivity contribution in [3.05, 3.63) is 34.9 Å². The minimum atomic E-state index is 0.144. The molecule has 0 aliphatic heterocycles. The summed E-state index contributed by atoms with van der Waals surface area (Å²) in [6, 6.07) is 6.59. The molecule has 0 spiro atoms. The molecule has 2 unspecified atom stereocenters. The molecule has 1 aliphatic rings. The van der Waals surface area contributed by atoms with Crippen LogP contribution in [-0.2, 0) is 11.2 Å². The van der Waals surface area contributed by atoms with Gasteiger partial charge in [0.05, 0.1) is 6.42 Å².